The molecule has 1 aliphatic heterocycles. The summed E-state index contributed by atoms with van der Waals surface area (Å²) >= 11 is 0. The second kappa shape index (κ2) is 5.52. The van der Waals surface area contributed by atoms with E-state index in [0.717, 1.165) is 19.4 Å². The molecule has 1 unspecified atom stereocenters. The first-order chi connectivity index (χ1) is 8.22. The molecule has 1 N–H and O–H groups in total. The summed E-state index contributed by atoms with van der Waals surface area (Å²) < 4.78 is 0. The second-order valence-corrected chi connectivity index (χ2v) is 5.10. The highest BCUT2D eigenvalue weighted by molar-refractivity contribution is 5.84. The van der Waals surface area contributed by atoms with E-state index in [4.69, 9.17) is 0 Å². The Balaban J connectivity index is 1.94. The van der Waals surface area contributed by atoms with E-state index in [1.54, 1.807) is 0 Å². The molecular formula is C13H22N2O2. The number of nitrogens with zero attached hydrogens (tertiary/aromatic N) is 1. The Morgan fingerprint density at radius 1 is 1.35 bits per heavy atom. The molecule has 4 heteroatoms. The summed E-state index contributed by atoms with van der Waals surface area (Å²) in [5.41, 5.74) is 0. The Morgan fingerprint density at radius 2 is 2.06 bits per heavy atom. The molecule has 0 bridgehead atoms. The number of carbonyl (C=O) groups is 2. The van der Waals surface area contributed by atoms with Gasteiger partial charge in [-0.15, -0.1) is 0 Å². The van der Waals surface area contributed by atoms with Crippen LogP contribution in [0.4, 0.5) is 0 Å². The summed E-state index contributed by atoms with van der Waals surface area (Å²) in [5.74, 6) is 0.339. The van der Waals surface area contributed by atoms with Gasteiger partial charge in [0.2, 0.25) is 11.8 Å². The monoisotopic (exact) mass is 238 g/mol. The molecule has 0 aromatic heterocycles. The van der Waals surface area contributed by atoms with Crippen molar-refractivity contribution in [3.8, 4) is 0 Å². The van der Waals surface area contributed by atoms with Crippen LogP contribution in [0, 0.1) is 5.92 Å². The van der Waals surface area contributed by atoms with Gasteiger partial charge in [0, 0.05) is 25.6 Å². The van der Waals surface area contributed by atoms with Crippen molar-refractivity contribution in [2.24, 2.45) is 5.92 Å². The molecule has 4 nitrogen and oxygen atoms in total. The zero-order valence-corrected chi connectivity index (χ0v) is 10.6. The fourth-order valence-corrected chi connectivity index (χ4v) is 2.99. The average Bonchev–Trinajstić information content (AvgIpc) is 2.84. The predicted molar refractivity (Wildman–Crippen MR) is 65.4 cm³/mol. The van der Waals surface area contributed by atoms with Crippen LogP contribution in [0.2, 0.25) is 0 Å². The molecule has 17 heavy (non-hydrogen) atoms. The Morgan fingerprint density at radius 3 is 2.59 bits per heavy atom. The number of piperidine rings is 1. The highest BCUT2D eigenvalue weighted by Gasteiger charge is 2.32. The minimum atomic E-state index is 0.00764. The van der Waals surface area contributed by atoms with E-state index in [0.29, 0.717) is 25.4 Å². The first-order valence-corrected chi connectivity index (χ1v) is 6.79. The summed E-state index contributed by atoms with van der Waals surface area (Å²) in [6.07, 6.45) is 6.01. The van der Waals surface area contributed by atoms with Gasteiger partial charge >= 0.3 is 0 Å². The lowest BCUT2D eigenvalue weighted by atomic mass is 9.96. The van der Waals surface area contributed by atoms with Gasteiger partial charge in [0.05, 0.1) is 5.92 Å². The van der Waals surface area contributed by atoms with E-state index in [1.807, 2.05) is 4.90 Å². The molecule has 0 aromatic carbocycles. The van der Waals surface area contributed by atoms with Gasteiger partial charge in [0.25, 0.3) is 0 Å². The Labute approximate surface area is 103 Å². The standard InChI is InChI=1S/C13H22N2O2/c1-2-15(11-5-3-4-6-11)13(17)10-7-8-12(16)14-9-10/h10-11H,2-9H2,1H3,(H,14,16). The molecule has 1 saturated heterocycles. The SMILES string of the molecule is CCN(C(=O)C1CCC(=O)NC1)C1CCCC1. The van der Waals surface area contributed by atoms with Crippen LogP contribution in [0.1, 0.15) is 45.4 Å². The molecule has 2 fully saturated rings. The fourth-order valence-electron chi connectivity index (χ4n) is 2.99. The van der Waals surface area contributed by atoms with Crippen molar-refractivity contribution in [1.29, 1.82) is 0 Å². The molecule has 1 saturated carbocycles. The summed E-state index contributed by atoms with van der Waals surface area (Å²) in [7, 11) is 0. The molecular weight excluding hydrogens is 216 g/mol. The highest BCUT2D eigenvalue weighted by atomic mass is 16.2. The van der Waals surface area contributed by atoms with E-state index in [2.05, 4.69) is 12.2 Å². The van der Waals surface area contributed by atoms with Crippen LogP contribution in [0.5, 0.6) is 0 Å². The third kappa shape index (κ3) is 2.79. The minimum Gasteiger partial charge on any atom is -0.355 e. The zero-order valence-electron chi connectivity index (χ0n) is 10.6. The van der Waals surface area contributed by atoms with Crippen LogP contribution in [-0.2, 0) is 9.59 Å². The van der Waals surface area contributed by atoms with Crippen molar-refractivity contribution >= 4 is 11.8 Å². The lowest BCUT2D eigenvalue weighted by Gasteiger charge is -2.32. The molecule has 96 valence electrons. The maximum Gasteiger partial charge on any atom is 0.227 e. The quantitative estimate of drug-likeness (QED) is 0.805. The first-order valence-electron chi connectivity index (χ1n) is 6.79. The predicted octanol–water partition coefficient (Wildman–Crippen LogP) is 1.30. The van der Waals surface area contributed by atoms with E-state index in [-0.39, 0.29) is 17.7 Å². The highest BCUT2D eigenvalue weighted by Crippen LogP contribution is 2.25. The van der Waals surface area contributed by atoms with Gasteiger partial charge in [0.15, 0.2) is 0 Å². The maximum atomic E-state index is 12.4. The number of carbonyl (C=O) groups excluding carboxylic acids is 2. The molecule has 2 aliphatic rings. The van der Waals surface area contributed by atoms with Gasteiger partial charge < -0.3 is 10.2 Å². The maximum absolute atomic E-state index is 12.4. The van der Waals surface area contributed by atoms with Crippen molar-refractivity contribution < 1.29 is 9.59 Å². The first kappa shape index (κ1) is 12.4. The van der Waals surface area contributed by atoms with Gasteiger partial charge in [0.1, 0.15) is 0 Å². The zero-order chi connectivity index (χ0) is 12.3. The minimum absolute atomic E-state index is 0.00764. The van der Waals surface area contributed by atoms with Gasteiger partial charge in [-0.3, -0.25) is 9.59 Å². The van der Waals surface area contributed by atoms with Crippen LogP contribution < -0.4 is 5.32 Å². The van der Waals surface area contributed by atoms with Crippen molar-refractivity contribution in [1.82, 2.24) is 10.2 Å². The summed E-state index contributed by atoms with van der Waals surface area (Å²) in [4.78, 5) is 25.5. The smallest absolute Gasteiger partial charge is 0.227 e. The van der Waals surface area contributed by atoms with Gasteiger partial charge in [-0.05, 0) is 26.2 Å². The lowest BCUT2D eigenvalue weighted by Crippen LogP contribution is -2.47. The molecule has 2 amide bonds. The van der Waals surface area contributed by atoms with Crippen LogP contribution in [0.3, 0.4) is 0 Å². The van der Waals surface area contributed by atoms with Gasteiger partial charge in [-0.25, -0.2) is 0 Å². The van der Waals surface area contributed by atoms with Crippen LogP contribution in [-0.4, -0.2) is 35.8 Å². The Hall–Kier alpha value is -1.06. The molecule has 1 heterocycles. The van der Waals surface area contributed by atoms with Crippen molar-refractivity contribution in [2.75, 3.05) is 13.1 Å². The van der Waals surface area contributed by atoms with Crippen LogP contribution in [0.15, 0.2) is 0 Å². The molecule has 0 spiro atoms. The van der Waals surface area contributed by atoms with Crippen molar-refractivity contribution in [3.05, 3.63) is 0 Å². The van der Waals surface area contributed by atoms with Gasteiger partial charge in [-0.1, -0.05) is 12.8 Å². The second-order valence-electron chi connectivity index (χ2n) is 5.10. The third-order valence-electron chi connectivity index (χ3n) is 4.00. The largest absolute Gasteiger partial charge is 0.355 e. The summed E-state index contributed by atoms with van der Waals surface area (Å²) in [6.45, 7) is 3.38. The number of nitrogens with one attached hydrogen (secondary N) is 1. The lowest BCUT2D eigenvalue weighted by molar-refractivity contribution is -0.139. The Bertz CT molecular complexity index is 288. The van der Waals surface area contributed by atoms with E-state index in [1.165, 1.54) is 12.8 Å². The fraction of sp³-hybridized carbons (Fsp3) is 0.846. The van der Waals surface area contributed by atoms with Crippen LogP contribution >= 0.6 is 0 Å². The normalized spacial score (nSPS) is 25.7. The number of hydrogen-bond acceptors (Lipinski definition) is 2. The van der Waals surface area contributed by atoms with Crippen molar-refractivity contribution in [2.45, 2.75) is 51.5 Å². The molecule has 1 atom stereocenters. The Kier molecular flexibility index (Phi) is 4.02. The number of rotatable bonds is 3. The number of hydrogen-bond donors (Lipinski definition) is 1. The third-order valence-corrected chi connectivity index (χ3v) is 4.00. The molecule has 0 aromatic rings. The molecule has 1 aliphatic carbocycles. The molecule has 0 radical (unpaired) electrons. The van der Waals surface area contributed by atoms with Crippen LogP contribution in [0.25, 0.3) is 0 Å². The number of amides is 2. The average molecular weight is 238 g/mol. The van der Waals surface area contributed by atoms with Gasteiger partial charge in [-0.2, -0.15) is 0 Å². The summed E-state index contributed by atoms with van der Waals surface area (Å²) in [5, 5.41) is 2.80. The topological polar surface area (TPSA) is 49.4 Å². The van der Waals surface area contributed by atoms with Crippen molar-refractivity contribution in [3.63, 3.8) is 0 Å². The molecule has 2 rings (SSSR count). The van der Waals surface area contributed by atoms with E-state index < -0.39 is 0 Å². The van der Waals surface area contributed by atoms with E-state index >= 15 is 0 Å². The summed E-state index contributed by atoms with van der Waals surface area (Å²) in [6, 6.07) is 0.449. The van der Waals surface area contributed by atoms with E-state index in [9.17, 15) is 9.59 Å².